The maximum Gasteiger partial charge on any atom is 0.0776 e. The van der Waals surface area contributed by atoms with Crippen molar-refractivity contribution in [1.29, 1.82) is 0 Å². The highest BCUT2D eigenvalue weighted by atomic mass is 28.3. The highest BCUT2D eigenvalue weighted by molar-refractivity contribution is 6.89. The summed E-state index contributed by atoms with van der Waals surface area (Å²) in [4.78, 5) is 0. The van der Waals surface area contributed by atoms with Gasteiger partial charge in [-0.3, -0.25) is 0 Å². The lowest BCUT2D eigenvalue weighted by Gasteiger charge is -2.21. The molecule has 0 aliphatic rings. The smallest absolute Gasteiger partial charge is 0.0656 e. The van der Waals surface area contributed by atoms with Gasteiger partial charge in [-0.2, -0.15) is 0 Å². The summed E-state index contributed by atoms with van der Waals surface area (Å²) in [7, 11) is -4.51. The Morgan fingerprint density at radius 3 is 0.667 bits per heavy atom. The van der Waals surface area contributed by atoms with Crippen molar-refractivity contribution in [2.24, 2.45) is 0 Å². The number of rotatable bonds is 9. The Labute approximate surface area is 327 Å². The quantitative estimate of drug-likeness (QED) is 0.129. The molecule has 0 radical (unpaired) electrons. The molecule has 270 valence electrons. The molecule has 7 aromatic rings. The Bertz CT molecular complexity index is 2160. The summed E-state index contributed by atoms with van der Waals surface area (Å²) in [5.74, 6) is 0. The fourth-order valence-electron chi connectivity index (χ4n) is 7.51. The summed E-state index contributed by atoms with van der Waals surface area (Å²) < 4.78 is 0. The van der Waals surface area contributed by atoms with Gasteiger partial charge in [-0.1, -0.05) is 220 Å². The van der Waals surface area contributed by atoms with Gasteiger partial charge in [-0.25, -0.2) is 0 Å². The fraction of sp³-hybridized carbons (Fsp3) is 0.176. The van der Waals surface area contributed by atoms with E-state index in [-0.39, 0.29) is 0 Å². The largest absolute Gasteiger partial charge is 0.0776 e. The zero-order valence-corrected chi connectivity index (χ0v) is 36.6. The minimum absolute atomic E-state index is 1.23. The molecule has 7 aromatic carbocycles. The first kappa shape index (κ1) is 37.5. The lowest BCUT2D eigenvalue weighted by molar-refractivity contribution is 1.54. The number of hydrogen-bond acceptors (Lipinski definition) is 0. The highest BCUT2D eigenvalue weighted by Crippen LogP contribution is 2.42. The van der Waals surface area contributed by atoms with Crippen molar-refractivity contribution < 1.29 is 0 Å². The van der Waals surface area contributed by atoms with Crippen LogP contribution in [0.1, 0.15) is 0 Å². The first-order valence-corrected chi connectivity index (χ1v) is 29.9. The van der Waals surface area contributed by atoms with E-state index in [1.807, 2.05) is 0 Å². The summed E-state index contributed by atoms with van der Waals surface area (Å²) in [5, 5.41) is 4.44. The van der Waals surface area contributed by atoms with E-state index >= 15 is 0 Å². The third kappa shape index (κ3) is 8.00. The third-order valence-corrected chi connectivity index (χ3v) is 16.9. The van der Waals surface area contributed by atoms with Crippen LogP contribution in [0.2, 0.25) is 58.9 Å². The summed E-state index contributed by atoms with van der Waals surface area (Å²) in [6, 6.07) is 62.2. The zero-order chi connectivity index (χ0) is 38.3. The van der Waals surface area contributed by atoms with Crippen molar-refractivity contribution in [3.8, 4) is 66.8 Å². The normalized spacial score (nSPS) is 12.2. The number of hydrogen-bond donors (Lipinski definition) is 0. The van der Waals surface area contributed by atoms with Gasteiger partial charge in [-0.05, 0) is 85.0 Å². The van der Waals surface area contributed by atoms with Crippen molar-refractivity contribution >= 4 is 39.8 Å². The van der Waals surface area contributed by atoms with E-state index in [4.69, 9.17) is 0 Å². The average Bonchev–Trinajstić information content (AvgIpc) is 3.17. The van der Waals surface area contributed by atoms with Gasteiger partial charge in [0.15, 0.2) is 0 Å². The molecule has 0 fully saturated rings. The molecule has 0 heterocycles. The molecule has 54 heavy (non-hydrogen) atoms. The number of benzene rings is 7. The van der Waals surface area contributed by atoms with E-state index in [1.165, 1.54) is 82.3 Å². The van der Waals surface area contributed by atoms with Crippen LogP contribution in [-0.4, -0.2) is 24.2 Å². The van der Waals surface area contributed by atoms with Crippen LogP contribution in [-0.2, 0) is 0 Å². The van der Waals surface area contributed by atoms with Gasteiger partial charge in [-0.15, -0.1) is 0 Å². The van der Waals surface area contributed by atoms with E-state index in [0.29, 0.717) is 0 Å². The summed E-state index contributed by atoms with van der Waals surface area (Å²) in [6.45, 7) is 21.9. The molecule has 0 unspecified atom stereocenters. The maximum absolute atomic E-state index is 2.44. The SMILES string of the molecule is C[Si](C)(C)c1cccc(-c2ccccc2-c2cc(-c3ccccc3-c3cccc([Si](C)(C)C)c3)cc(-c3ccccc3-c3cccc([Si](C)(C)C)c3)c2)c1. The molecule has 0 amide bonds. The Kier molecular flexibility index (Phi) is 10.3. The predicted octanol–water partition coefficient (Wildman–Crippen LogP) is 13.3. The zero-order valence-electron chi connectivity index (χ0n) is 33.6. The second kappa shape index (κ2) is 14.8. The lowest BCUT2D eigenvalue weighted by atomic mass is 9.86. The van der Waals surface area contributed by atoms with Crippen LogP contribution in [0.5, 0.6) is 0 Å². The van der Waals surface area contributed by atoms with Gasteiger partial charge in [0, 0.05) is 0 Å². The van der Waals surface area contributed by atoms with Crippen LogP contribution in [0.15, 0.2) is 164 Å². The predicted molar refractivity (Wildman–Crippen MR) is 248 cm³/mol. The van der Waals surface area contributed by atoms with E-state index < -0.39 is 24.2 Å². The summed E-state index contributed by atoms with van der Waals surface area (Å²) in [6.07, 6.45) is 0. The van der Waals surface area contributed by atoms with E-state index in [0.717, 1.165) is 0 Å². The van der Waals surface area contributed by atoms with Crippen molar-refractivity contribution in [2.75, 3.05) is 0 Å². The first-order valence-electron chi connectivity index (χ1n) is 19.4. The summed E-state index contributed by atoms with van der Waals surface area (Å²) in [5.41, 5.74) is 15.1. The molecule has 0 saturated carbocycles. The van der Waals surface area contributed by atoms with Gasteiger partial charge >= 0.3 is 0 Å². The highest BCUT2D eigenvalue weighted by Gasteiger charge is 2.21. The monoisotopic (exact) mass is 750 g/mol. The Hall–Kier alpha value is -4.81. The minimum atomic E-state index is -1.50. The third-order valence-electron chi connectivity index (χ3n) is 10.8. The van der Waals surface area contributed by atoms with E-state index in [2.05, 4.69) is 223 Å². The molecule has 7 rings (SSSR count). The molecule has 0 bridgehead atoms. The molecule has 0 aromatic heterocycles. The standard InChI is InChI=1S/C51H54Si3/c1-52(2,3)43-22-16-19-37(34-43)46-25-10-13-28-49(46)40-31-41(50-29-14-11-26-47(50)38-20-17-23-44(35-38)53(4,5)6)33-42(32-40)51-30-15-12-27-48(51)39-21-18-24-45(36-39)54(7,8)9/h10-36H,1-9H3. The second-order valence-electron chi connectivity index (χ2n) is 17.9. The van der Waals surface area contributed by atoms with Gasteiger partial charge in [0.2, 0.25) is 0 Å². The topological polar surface area (TPSA) is 0 Å². The maximum atomic E-state index is 2.44. The molecule has 0 nitrogen and oxygen atoms in total. The summed E-state index contributed by atoms with van der Waals surface area (Å²) >= 11 is 0. The first-order chi connectivity index (χ1) is 25.7. The molecule has 0 saturated heterocycles. The fourth-order valence-corrected chi connectivity index (χ4v) is 11.1. The lowest BCUT2D eigenvalue weighted by Crippen LogP contribution is -2.37. The van der Waals surface area contributed by atoms with Crippen molar-refractivity contribution in [1.82, 2.24) is 0 Å². The molecule has 3 heteroatoms. The van der Waals surface area contributed by atoms with Crippen molar-refractivity contribution in [3.63, 3.8) is 0 Å². The second-order valence-corrected chi connectivity index (χ2v) is 33.2. The molecule has 0 aliphatic heterocycles. The van der Waals surface area contributed by atoms with Gasteiger partial charge in [0.1, 0.15) is 0 Å². The molecular formula is C51H54Si3. The van der Waals surface area contributed by atoms with Crippen LogP contribution in [0, 0.1) is 0 Å². The molecular weight excluding hydrogens is 697 g/mol. The van der Waals surface area contributed by atoms with Gasteiger partial charge in [0.25, 0.3) is 0 Å². The van der Waals surface area contributed by atoms with Crippen LogP contribution < -0.4 is 15.6 Å². The van der Waals surface area contributed by atoms with Crippen LogP contribution in [0.3, 0.4) is 0 Å². The van der Waals surface area contributed by atoms with Crippen molar-refractivity contribution in [2.45, 2.75) is 58.9 Å². The van der Waals surface area contributed by atoms with Crippen LogP contribution in [0.4, 0.5) is 0 Å². The Balaban J connectivity index is 1.48. The van der Waals surface area contributed by atoms with Gasteiger partial charge in [0.05, 0.1) is 24.2 Å². The molecule has 0 atom stereocenters. The Morgan fingerprint density at radius 2 is 0.444 bits per heavy atom. The van der Waals surface area contributed by atoms with Gasteiger partial charge < -0.3 is 0 Å². The molecule has 0 spiro atoms. The van der Waals surface area contributed by atoms with E-state index in [1.54, 1.807) is 0 Å². The van der Waals surface area contributed by atoms with Crippen LogP contribution >= 0.6 is 0 Å². The minimum Gasteiger partial charge on any atom is -0.0656 e. The van der Waals surface area contributed by atoms with E-state index in [9.17, 15) is 0 Å². The molecule has 0 N–H and O–H groups in total. The van der Waals surface area contributed by atoms with Crippen molar-refractivity contribution in [3.05, 3.63) is 164 Å². The Morgan fingerprint density at radius 1 is 0.222 bits per heavy atom. The average molecular weight is 751 g/mol. The molecule has 0 aliphatic carbocycles. The van der Waals surface area contributed by atoms with Crippen LogP contribution in [0.25, 0.3) is 66.8 Å².